The van der Waals surface area contributed by atoms with Crippen molar-refractivity contribution < 1.29 is 14.6 Å². The molecule has 1 saturated carbocycles. The third kappa shape index (κ3) is 11.3. The van der Waals surface area contributed by atoms with Gasteiger partial charge >= 0.3 is 0 Å². The van der Waals surface area contributed by atoms with E-state index in [1.807, 2.05) is 73.3 Å². The van der Waals surface area contributed by atoms with Crippen molar-refractivity contribution >= 4 is 29.1 Å². The van der Waals surface area contributed by atoms with Crippen molar-refractivity contribution in [1.29, 1.82) is 0 Å². The van der Waals surface area contributed by atoms with Gasteiger partial charge in [0.1, 0.15) is 6.61 Å². The van der Waals surface area contributed by atoms with Crippen LogP contribution in [0.1, 0.15) is 58.1 Å². The van der Waals surface area contributed by atoms with Gasteiger partial charge in [-0.05, 0) is 55.0 Å². The minimum atomic E-state index is 0.0455. The molecule has 178 valence electrons. The average molecular weight is 482 g/mol. The van der Waals surface area contributed by atoms with Crippen LogP contribution in [0, 0.1) is 5.92 Å². The van der Waals surface area contributed by atoms with Crippen LogP contribution in [0.4, 0.5) is 0 Å². The Morgan fingerprint density at radius 1 is 1.00 bits per heavy atom. The fourth-order valence-corrected chi connectivity index (χ4v) is 3.22. The molecule has 4 rings (SSSR count). The second-order valence-corrected chi connectivity index (χ2v) is 8.32. The maximum Gasteiger partial charge on any atom is 0.249 e. The van der Waals surface area contributed by atoms with Crippen LogP contribution in [0.25, 0.3) is 0 Å². The van der Waals surface area contributed by atoms with Gasteiger partial charge in [0.05, 0.1) is 12.6 Å². The van der Waals surface area contributed by atoms with Crippen LogP contribution < -0.4 is 0 Å². The second kappa shape index (κ2) is 17.0. The summed E-state index contributed by atoms with van der Waals surface area (Å²) in [6.45, 7) is 8.07. The lowest BCUT2D eigenvalue weighted by molar-refractivity contribution is -0.148. The Bertz CT molecular complexity index is 734. The first-order valence-corrected chi connectivity index (χ1v) is 12.2. The molecule has 1 saturated heterocycles. The highest BCUT2D eigenvalue weighted by Gasteiger charge is 2.34. The van der Waals surface area contributed by atoms with Gasteiger partial charge in [0.15, 0.2) is 0 Å². The van der Waals surface area contributed by atoms with Crippen molar-refractivity contribution in [1.82, 2.24) is 4.90 Å². The molecule has 32 heavy (non-hydrogen) atoms. The Morgan fingerprint density at radius 2 is 1.59 bits per heavy atom. The number of hydrogen-bond acceptors (Lipinski definition) is 3. The number of aliphatic hydroxyl groups is 1. The molecular weight excluding hydrogens is 445 g/mol. The molecular formula is C26H37Cl2NO3. The predicted octanol–water partition coefficient (Wildman–Crippen LogP) is 6.79. The molecule has 0 unspecified atom stereocenters. The summed E-state index contributed by atoms with van der Waals surface area (Å²) in [5.41, 5.74) is 1.10. The van der Waals surface area contributed by atoms with Crippen molar-refractivity contribution in [3.63, 3.8) is 0 Å². The van der Waals surface area contributed by atoms with Gasteiger partial charge in [-0.15, -0.1) is 0 Å². The van der Waals surface area contributed by atoms with E-state index in [2.05, 4.69) is 6.92 Å². The Labute approximate surface area is 203 Å². The summed E-state index contributed by atoms with van der Waals surface area (Å²) in [4.78, 5) is 14.0. The number of unbranched alkanes of at least 4 members (excludes halogenated alkanes) is 1. The third-order valence-corrected chi connectivity index (χ3v) is 5.35. The normalized spacial score (nSPS) is 17.1. The second-order valence-electron chi connectivity index (χ2n) is 7.44. The zero-order valence-electron chi connectivity index (χ0n) is 19.5. The number of morpholine rings is 1. The predicted molar refractivity (Wildman–Crippen MR) is 134 cm³/mol. The molecule has 2 aliphatic rings. The van der Waals surface area contributed by atoms with E-state index >= 15 is 0 Å². The van der Waals surface area contributed by atoms with Gasteiger partial charge in [0, 0.05) is 23.2 Å². The van der Waals surface area contributed by atoms with Crippen molar-refractivity contribution in [2.45, 2.75) is 52.5 Å². The number of amides is 1. The Balaban J connectivity index is 0.000000302. The first-order chi connectivity index (χ1) is 15.5. The molecule has 1 aliphatic heterocycles. The first kappa shape index (κ1) is 28.4. The number of aliphatic hydroxyl groups excluding tert-OH is 1. The smallest absolute Gasteiger partial charge is 0.249 e. The summed E-state index contributed by atoms with van der Waals surface area (Å²) < 4.78 is 5.39. The van der Waals surface area contributed by atoms with Crippen LogP contribution >= 0.6 is 23.2 Å². The van der Waals surface area contributed by atoms with E-state index in [1.165, 1.54) is 12.8 Å². The van der Waals surface area contributed by atoms with Crippen LogP contribution in [0.5, 0.6) is 0 Å². The number of carbonyl (C=O) groups is 1. The van der Waals surface area contributed by atoms with E-state index in [0.717, 1.165) is 35.0 Å². The largest absolute Gasteiger partial charge is 0.396 e. The SMILES string of the molecule is CC.CCCCO.Clc1ccccc1.O=C1COC[C@H](c2ccc(Cl)cc2)N1CC1CC1. The van der Waals surface area contributed by atoms with E-state index < -0.39 is 0 Å². The minimum Gasteiger partial charge on any atom is -0.396 e. The molecule has 2 fully saturated rings. The zero-order chi connectivity index (χ0) is 23.8. The Kier molecular flexibility index (Phi) is 15.1. The summed E-state index contributed by atoms with van der Waals surface area (Å²) in [5.74, 6) is 0.801. The summed E-state index contributed by atoms with van der Waals surface area (Å²) >= 11 is 11.4. The topological polar surface area (TPSA) is 49.8 Å². The van der Waals surface area contributed by atoms with Crippen LogP contribution in [-0.4, -0.2) is 42.3 Å². The summed E-state index contributed by atoms with van der Waals surface area (Å²) in [6.07, 6.45) is 4.53. The van der Waals surface area contributed by atoms with E-state index in [1.54, 1.807) is 0 Å². The number of benzene rings is 2. The van der Waals surface area contributed by atoms with Crippen LogP contribution in [0.3, 0.4) is 0 Å². The molecule has 0 bridgehead atoms. The number of rotatable bonds is 5. The van der Waals surface area contributed by atoms with Gasteiger partial charge in [0.2, 0.25) is 5.91 Å². The Hall–Kier alpha value is -1.59. The average Bonchev–Trinajstić information content (AvgIpc) is 3.63. The van der Waals surface area contributed by atoms with E-state index in [0.29, 0.717) is 19.1 Å². The van der Waals surface area contributed by atoms with Crippen LogP contribution in [0.15, 0.2) is 54.6 Å². The van der Waals surface area contributed by atoms with Crippen LogP contribution in [-0.2, 0) is 9.53 Å². The lowest BCUT2D eigenvalue weighted by atomic mass is 10.0. The molecule has 1 atom stereocenters. The van der Waals surface area contributed by atoms with E-state index in [-0.39, 0.29) is 18.6 Å². The molecule has 1 N–H and O–H groups in total. The molecule has 0 aromatic heterocycles. The molecule has 1 aliphatic carbocycles. The highest BCUT2D eigenvalue weighted by atomic mass is 35.5. The highest BCUT2D eigenvalue weighted by Crippen LogP contribution is 2.34. The van der Waals surface area contributed by atoms with Crippen molar-refractivity contribution in [2.75, 3.05) is 26.4 Å². The maximum absolute atomic E-state index is 12.0. The van der Waals surface area contributed by atoms with Crippen molar-refractivity contribution in [3.05, 3.63) is 70.2 Å². The highest BCUT2D eigenvalue weighted by molar-refractivity contribution is 6.30. The molecule has 1 heterocycles. The zero-order valence-corrected chi connectivity index (χ0v) is 21.0. The lowest BCUT2D eigenvalue weighted by Crippen LogP contribution is -2.45. The van der Waals surface area contributed by atoms with Crippen LogP contribution in [0.2, 0.25) is 10.0 Å². The quantitative estimate of drug-likeness (QED) is 0.510. The standard InChI is InChI=1S/C14H16ClNO2.C6H5Cl.C4H10O.C2H6/c15-12-5-3-11(4-6-12)13-8-18-9-14(17)16(13)7-10-1-2-10;7-6-4-2-1-3-5-6;1-2-3-4-5;1-2/h3-6,10,13H,1-2,7-9H2;1-5H;5H,2-4H2,1H3;1-2H3/t13-;;;/m1.../s1. The third-order valence-electron chi connectivity index (χ3n) is 4.85. The monoisotopic (exact) mass is 481 g/mol. The number of halogens is 2. The van der Waals surface area contributed by atoms with Gasteiger partial charge in [-0.1, -0.05) is 80.7 Å². The van der Waals surface area contributed by atoms with E-state index in [9.17, 15) is 4.79 Å². The van der Waals surface area contributed by atoms with Gasteiger partial charge < -0.3 is 14.7 Å². The van der Waals surface area contributed by atoms with Gasteiger partial charge in [-0.3, -0.25) is 4.79 Å². The molecule has 4 nitrogen and oxygen atoms in total. The van der Waals surface area contributed by atoms with Crippen molar-refractivity contribution in [3.8, 4) is 0 Å². The first-order valence-electron chi connectivity index (χ1n) is 11.5. The number of ether oxygens (including phenoxy) is 1. The molecule has 0 radical (unpaired) electrons. The fraction of sp³-hybridized carbons (Fsp3) is 0.500. The molecule has 1 amide bonds. The Morgan fingerprint density at radius 3 is 2.03 bits per heavy atom. The molecule has 2 aromatic carbocycles. The maximum atomic E-state index is 12.0. The lowest BCUT2D eigenvalue weighted by Gasteiger charge is -2.36. The number of carbonyl (C=O) groups excluding carboxylic acids is 1. The molecule has 6 heteroatoms. The number of nitrogens with zero attached hydrogens (tertiary/aromatic N) is 1. The van der Waals surface area contributed by atoms with E-state index in [4.69, 9.17) is 33.0 Å². The minimum absolute atomic E-state index is 0.0455. The number of hydrogen-bond donors (Lipinski definition) is 1. The van der Waals surface area contributed by atoms with Gasteiger partial charge in [0.25, 0.3) is 0 Å². The van der Waals surface area contributed by atoms with Gasteiger partial charge in [-0.2, -0.15) is 0 Å². The summed E-state index contributed by atoms with van der Waals surface area (Å²) in [7, 11) is 0. The summed E-state index contributed by atoms with van der Waals surface area (Å²) in [6, 6.07) is 17.2. The fourth-order valence-electron chi connectivity index (χ4n) is 2.95. The molecule has 0 spiro atoms. The van der Waals surface area contributed by atoms with Crippen molar-refractivity contribution in [2.24, 2.45) is 5.92 Å². The summed E-state index contributed by atoms with van der Waals surface area (Å²) in [5, 5.41) is 9.58. The van der Waals surface area contributed by atoms with Gasteiger partial charge in [-0.25, -0.2) is 0 Å². The molecule has 2 aromatic rings.